The van der Waals surface area contributed by atoms with Gasteiger partial charge in [-0.3, -0.25) is 19.2 Å². The third kappa shape index (κ3) is 9.35. The second-order valence-electron chi connectivity index (χ2n) is 16.1. The van der Waals surface area contributed by atoms with Crippen molar-refractivity contribution in [3.8, 4) is 0 Å². The minimum Gasteiger partial charge on any atom is -0.348 e. The predicted molar refractivity (Wildman–Crippen MR) is 181 cm³/mol. The van der Waals surface area contributed by atoms with Gasteiger partial charge in [-0.1, -0.05) is 39.2 Å². The monoisotopic (exact) mass is 679 g/mol. The van der Waals surface area contributed by atoms with E-state index in [1.54, 1.807) is 31.7 Å². The van der Waals surface area contributed by atoms with E-state index < -0.39 is 61.9 Å². The van der Waals surface area contributed by atoms with E-state index in [1.165, 1.54) is 0 Å². The zero-order valence-corrected chi connectivity index (χ0v) is 30.3. The summed E-state index contributed by atoms with van der Waals surface area (Å²) in [5, 5.41) is 11.0. The molecule has 2 saturated carbocycles. The van der Waals surface area contributed by atoms with Gasteiger partial charge >= 0.3 is 6.03 Å². The number of likely N-dealkylation sites (tertiary alicyclic amines) is 1. The molecule has 0 bridgehead atoms. The molecule has 5 atom stereocenters. The smallest absolute Gasteiger partial charge is 0.315 e. The van der Waals surface area contributed by atoms with Gasteiger partial charge in [-0.05, 0) is 90.4 Å². The van der Waals surface area contributed by atoms with Crippen molar-refractivity contribution in [2.24, 2.45) is 23.2 Å². The van der Waals surface area contributed by atoms with Crippen molar-refractivity contribution in [3.63, 3.8) is 0 Å². The first-order chi connectivity index (χ1) is 21.6. The van der Waals surface area contributed by atoms with Crippen molar-refractivity contribution >= 4 is 39.4 Å². The maximum Gasteiger partial charge on any atom is 0.315 e. The van der Waals surface area contributed by atoms with Crippen LogP contribution in [0.15, 0.2) is 12.7 Å². The second kappa shape index (κ2) is 14.7. The molecule has 1 heterocycles. The van der Waals surface area contributed by atoms with Crippen molar-refractivity contribution in [2.75, 3.05) is 18.8 Å². The van der Waals surface area contributed by atoms with E-state index in [0.29, 0.717) is 13.0 Å². The normalized spacial score (nSPS) is 23.9. The Balaban J connectivity index is 1.80. The molecule has 12 nitrogen and oxygen atoms in total. The predicted octanol–water partition coefficient (Wildman–Crippen LogP) is 2.87. The minimum atomic E-state index is -3.52. The quantitative estimate of drug-likeness (QED) is 0.171. The van der Waals surface area contributed by atoms with Crippen LogP contribution in [0.4, 0.5) is 4.79 Å². The Morgan fingerprint density at radius 1 is 0.979 bits per heavy atom. The zero-order valence-electron chi connectivity index (χ0n) is 29.5. The highest BCUT2D eigenvalue weighted by atomic mass is 32.2. The Labute approximate surface area is 280 Å². The first-order valence-electron chi connectivity index (χ1n) is 17.0. The summed E-state index contributed by atoms with van der Waals surface area (Å²) in [4.78, 5) is 69.1. The highest BCUT2D eigenvalue weighted by Crippen LogP contribution is 2.65. The van der Waals surface area contributed by atoms with Crippen LogP contribution in [0, 0.1) is 23.2 Å². The third-order valence-electron chi connectivity index (χ3n) is 10.0. The summed E-state index contributed by atoms with van der Waals surface area (Å²) in [6.07, 6.45) is 6.59. The van der Waals surface area contributed by atoms with Gasteiger partial charge in [-0.25, -0.2) is 13.2 Å². The molecule has 5 amide bonds. The van der Waals surface area contributed by atoms with Crippen LogP contribution in [0.25, 0.3) is 0 Å². The fourth-order valence-electron chi connectivity index (χ4n) is 7.02. The van der Waals surface area contributed by atoms with Gasteiger partial charge in [0.05, 0.1) is 16.5 Å². The summed E-state index contributed by atoms with van der Waals surface area (Å²) in [6, 6.07) is -3.31. The number of piperidine rings is 1. The molecule has 1 aliphatic heterocycles. The van der Waals surface area contributed by atoms with Crippen LogP contribution in [0.1, 0.15) is 100 Å². The number of rotatable bonds is 13. The number of nitrogens with zero attached hydrogens (tertiary/aromatic N) is 1. The van der Waals surface area contributed by atoms with Gasteiger partial charge in [-0.2, -0.15) is 0 Å². The molecule has 3 rings (SSSR count). The highest BCUT2D eigenvalue weighted by Gasteiger charge is 2.69. The Morgan fingerprint density at radius 3 is 2.15 bits per heavy atom. The number of Topliss-reactive ketones (excluding diaryl/α,β-unsaturated/α-hetero) is 1. The number of hydrogen-bond acceptors (Lipinski definition) is 7. The largest absolute Gasteiger partial charge is 0.348 e. The average molecular weight is 680 g/mol. The van der Waals surface area contributed by atoms with Crippen LogP contribution in [-0.2, 0) is 29.0 Å². The molecule has 0 spiro atoms. The van der Waals surface area contributed by atoms with Crippen LogP contribution in [0.3, 0.4) is 0 Å². The average Bonchev–Trinajstić information content (AvgIpc) is 3.27. The third-order valence-corrected chi connectivity index (χ3v) is 12.6. The van der Waals surface area contributed by atoms with Gasteiger partial charge in [0.1, 0.15) is 12.1 Å². The van der Waals surface area contributed by atoms with Crippen LogP contribution < -0.4 is 21.3 Å². The van der Waals surface area contributed by atoms with E-state index in [1.807, 2.05) is 20.8 Å². The Morgan fingerprint density at radius 2 is 1.60 bits per heavy atom. The van der Waals surface area contributed by atoms with Crippen molar-refractivity contribution in [1.82, 2.24) is 26.2 Å². The highest BCUT2D eigenvalue weighted by molar-refractivity contribution is 7.92. The number of fused-ring (bicyclic) bond motifs is 1. The number of allylic oxidation sites excluding steroid dienone is 1. The summed E-state index contributed by atoms with van der Waals surface area (Å²) in [5.41, 5.74) is -0.710. The first kappa shape index (κ1) is 38.5. The van der Waals surface area contributed by atoms with Crippen molar-refractivity contribution in [3.05, 3.63) is 12.7 Å². The number of hydrogen-bond donors (Lipinski definition) is 4. The topological polar surface area (TPSA) is 171 Å². The molecule has 2 unspecified atom stereocenters. The number of carbonyl (C=O) groups excluding carboxylic acids is 5. The van der Waals surface area contributed by atoms with Crippen LogP contribution in [-0.4, -0.2) is 90.1 Å². The number of amides is 5. The first-order valence-corrected chi connectivity index (χ1v) is 18.6. The molecule has 13 heteroatoms. The molecule has 47 heavy (non-hydrogen) atoms. The van der Waals surface area contributed by atoms with Crippen LogP contribution in [0.2, 0.25) is 0 Å². The molecule has 4 N–H and O–H groups in total. The molecule has 0 aromatic carbocycles. The number of carbonyl (C=O) groups is 5. The molecule has 0 radical (unpaired) electrons. The number of nitrogens with one attached hydrogen (secondary N) is 4. The van der Waals surface area contributed by atoms with Gasteiger partial charge in [0.15, 0.2) is 9.84 Å². The molecule has 266 valence electrons. The summed E-state index contributed by atoms with van der Waals surface area (Å²) >= 11 is 0. The molecule has 3 aliphatic rings. The lowest BCUT2D eigenvalue weighted by molar-refractivity contribution is -0.144. The Hall–Kier alpha value is -2.96. The molecule has 3 fully saturated rings. The van der Waals surface area contributed by atoms with E-state index in [-0.39, 0.29) is 47.8 Å². The van der Waals surface area contributed by atoms with Crippen LogP contribution >= 0.6 is 0 Å². The van der Waals surface area contributed by atoms with Crippen molar-refractivity contribution in [1.29, 1.82) is 0 Å². The second-order valence-corrected chi connectivity index (χ2v) is 19.0. The van der Waals surface area contributed by atoms with Gasteiger partial charge in [-0.15, -0.1) is 6.58 Å². The fourth-order valence-corrected chi connectivity index (χ4v) is 8.00. The van der Waals surface area contributed by atoms with E-state index >= 15 is 0 Å². The summed E-state index contributed by atoms with van der Waals surface area (Å²) < 4.78 is 23.9. The fraction of sp³-hybridized carbons (Fsp3) is 0.794. The summed E-state index contributed by atoms with van der Waals surface area (Å²) in [6.45, 7) is 18.2. The van der Waals surface area contributed by atoms with Gasteiger partial charge in [0.25, 0.3) is 5.91 Å². The standard InChI is InChI=1S/C34H57N5O7S/c1-10-11-17-23(27(40)29(42)35-18-19-47(45,46)33(5,6)7)36-28(41)26-24-22(34(24,8)9)20-39(26)30(43)25(21-15-13-12-14-16-21)37-31(44)38-32(2,3)4/h10,21-26H,1,11-20H2,2-9H3,(H,35,42)(H,36,41)(H2,37,38,44)/t22?,23?,24-,25-,26-/m0/s1. The maximum atomic E-state index is 14.3. The van der Waals surface area contributed by atoms with Crippen molar-refractivity contribution < 1.29 is 32.4 Å². The lowest BCUT2D eigenvalue weighted by atomic mass is 9.83. The zero-order chi connectivity index (χ0) is 35.5. The van der Waals surface area contributed by atoms with Gasteiger partial charge in [0, 0.05) is 18.6 Å². The maximum absolute atomic E-state index is 14.3. The summed E-state index contributed by atoms with van der Waals surface area (Å²) in [7, 11) is -3.52. The van der Waals surface area contributed by atoms with E-state index in [4.69, 9.17) is 0 Å². The minimum absolute atomic E-state index is 0.0664. The molecule has 0 aromatic rings. The van der Waals surface area contributed by atoms with Gasteiger partial charge in [0.2, 0.25) is 17.6 Å². The lowest BCUT2D eigenvalue weighted by Crippen LogP contribution is -2.61. The number of sulfone groups is 1. The molecule has 2 aliphatic carbocycles. The molecular weight excluding hydrogens is 622 g/mol. The van der Waals surface area contributed by atoms with Crippen LogP contribution in [0.5, 0.6) is 0 Å². The summed E-state index contributed by atoms with van der Waals surface area (Å²) in [5.74, 6) is -3.18. The molecular formula is C34H57N5O7S. The number of ketones is 1. The molecule has 0 aromatic heterocycles. The lowest BCUT2D eigenvalue weighted by Gasteiger charge is -2.37. The van der Waals surface area contributed by atoms with Gasteiger partial charge < -0.3 is 26.2 Å². The van der Waals surface area contributed by atoms with E-state index in [0.717, 1.165) is 32.1 Å². The SMILES string of the molecule is C=CCCC(NC(=O)[C@@H]1[C@@H]2C(CN1C(=O)[C@@H](NC(=O)NC(C)(C)C)C1CCCCC1)C2(C)C)C(=O)C(=O)NCCS(=O)(=O)C(C)(C)C. The van der Waals surface area contributed by atoms with E-state index in [2.05, 4.69) is 41.7 Å². The Kier molecular flexibility index (Phi) is 12.0. The number of urea groups is 1. The Bertz CT molecular complexity index is 1320. The van der Waals surface area contributed by atoms with Crippen molar-refractivity contribution in [2.45, 2.75) is 129 Å². The molecule has 1 saturated heterocycles. The van der Waals surface area contributed by atoms with E-state index in [9.17, 15) is 32.4 Å².